The van der Waals surface area contributed by atoms with Crippen molar-refractivity contribution in [3.05, 3.63) is 53.3 Å². The standard InChI is InChI=1S/C17H18F3N3O3/c1-26-14-8-15(17(18,19)20)22-9-13(14)23-16(25)21-7-6-11-2-4-12(10-24)5-3-11/h2-5,8-9,24H,6-7,10H2,1H3,(H2,21,23,25). The molecule has 9 heteroatoms. The number of benzene rings is 1. The van der Waals surface area contributed by atoms with Crippen molar-refractivity contribution in [2.45, 2.75) is 19.2 Å². The van der Waals surface area contributed by atoms with Gasteiger partial charge in [-0.1, -0.05) is 24.3 Å². The van der Waals surface area contributed by atoms with Crippen molar-refractivity contribution >= 4 is 11.7 Å². The van der Waals surface area contributed by atoms with E-state index in [-0.39, 0.29) is 18.0 Å². The smallest absolute Gasteiger partial charge is 0.433 e. The highest BCUT2D eigenvalue weighted by Gasteiger charge is 2.33. The molecule has 6 nitrogen and oxygen atoms in total. The van der Waals surface area contributed by atoms with E-state index in [1.807, 2.05) is 12.1 Å². The third kappa shape index (κ3) is 5.35. The third-order valence-electron chi connectivity index (χ3n) is 3.53. The van der Waals surface area contributed by atoms with Gasteiger partial charge in [0.2, 0.25) is 0 Å². The molecule has 0 aliphatic heterocycles. The predicted octanol–water partition coefficient (Wildman–Crippen LogP) is 2.97. The van der Waals surface area contributed by atoms with Crippen LogP contribution in [0.25, 0.3) is 0 Å². The van der Waals surface area contributed by atoms with Crippen LogP contribution in [-0.2, 0) is 19.2 Å². The zero-order chi connectivity index (χ0) is 19.2. The summed E-state index contributed by atoms with van der Waals surface area (Å²) in [5, 5.41) is 14.0. The predicted molar refractivity (Wildman–Crippen MR) is 88.9 cm³/mol. The van der Waals surface area contributed by atoms with Crippen molar-refractivity contribution in [2.24, 2.45) is 0 Å². The van der Waals surface area contributed by atoms with E-state index >= 15 is 0 Å². The lowest BCUT2D eigenvalue weighted by molar-refractivity contribution is -0.141. The maximum atomic E-state index is 12.6. The number of nitrogens with one attached hydrogen (secondary N) is 2. The third-order valence-corrected chi connectivity index (χ3v) is 3.53. The van der Waals surface area contributed by atoms with Crippen molar-refractivity contribution in [3.8, 4) is 5.75 Å². The fourth-order valence-corrected chi connectivity index (χ4v) is 2.15. The number of carbonyl (C=O) groups is 1. The van der Waals surface area contributed by atoms with Gasteiger partial charge in [0, 0.05) is 12.6 Å². The molecule has 2 aromatic rings. The average molecular weight is 369 g/mol. The number of nitrogens with zero attached hydrogens (tertiary/aromatic N) is 1. The molecule has 0 atom stereocenters. The fourth-order valence-electron chi connectivity index (χ4n) is 2.15. The molecule has 0 saturated carbocycles. The molecule has 2 amide bonds. The number of aliphatic hydroxyl groups is 1. The van der Waals surface area contributed by atoms with Crippen LogP contribution in [0.4, 0.5) is 23.7 Å². The maximum absolute atomic E-state index is 12.6. The van der Waals surface area contributed by atoms with Gasteiger partial charge >= 0.3 is 12.2 Å². The van der Waals surface area contributed by atoms with Crippen LogP contribution in [0.2, 0.25) is 0 Å². The first-order chi connectivity index (χ1) is 12.3. The van der Waals surface area contributed by atoms with E-state index < -0.39 is 17.9 Å². The summed E-state index contributed by atoms with van der Waals surface area (Å²) in [5.41, 5.74) is 0.689. The summed E-state index contributed by atoms with van der Waals surface area (Å²) in [7, 11) is 1.20. The fraction of sp³-hybridized carbons (Fsp3) is 0.294. The molecule has 0 bridgehead atoms. The Kier molecular flexibility index (Phi) is 6.40. The number of aromatic nitrogens is 1. The van der Waals surface area contributed by atoms with E-state index in [0.717, 1.165) is 23.4 Å². The van der Waals surface area contributed by atoms with E-state index in [2.05, 4.69) is 15.6 Å². The molecule has 1 aromatic heterocycles. The highest BCUT2D eigenvalue weighted by Crippen LogP contribution is 2.33. The highest BCUT2D eigenvalue weighted by atomic mass is 19.4. The summed E-state index contributed by atoms with van der Waals surface area (Å²) >= 11 is 0. The first kappa shape index (κ1) is 19.5. The van der Waals surface area contributed by atoms with Gasteiger partial charge in [0.25, 0.3) is 0 Å². The molecule has 0 saturated heterocycles. The minimum absolute atomic E-state index is 0.0327. The van der Waals surface area contributed by atoms with Gasteiger partial charge in [-0.3, -0.25) is 0 Å². The normalized spacial score (nSPS) is 11.1. The largest absolute Gasteiger partial charge is 0.494 e. The molecule has 0 unspecified atom stereocenters. The van der Waals surface area contributed by atoms with Crippen molar-refractivity contribution in [3.63, 3.8) is 0 Å². The Morgan fingerprint density at radius 2 is 1.88 bits per heavy atom. The summed E-state index contributed by atoms with van der Waals surface area (Å²) < 4.78 is 42.8. The Bertz CT molecular complexity index is 749. The molecular weight excluding hydrogens is 351 g/mol. The molecule has 3 N–H and O–H groups in total. The summed E-state index contributed by atoms with van der Waals surface area (Å²) in [4.78, 5) is 15.2. The summed E-state index contributed by atoms with van der Waals surface area (Å²) in [6, 6.07) is 7.39. The molecule has 1 aromatic carbocycles. The van der Waals surface area contributed by atoms with Gasteiger partial charge in [-0.15, -0.1) is 0 Å². The van der Waals surface area contributed by atoms with Crippen LogP contribution in [0, 0.1) is 0 Å². The van der Waals surface area contributed by atoms with Gasteiger partial charge in [0.1, 0.15) is 17.1 Å². The molecule has 0 radical (unpaired) electrons. The second-order valence-corrected chi connectivity index (χ2v) is 5.37. The van der Waals surface area contributed by atoms with Crippen LogP contribution < -0.4 is 15.4 Å². The zero-order valence-electron chi connectivity index (χ0n) is 13.9. The zero-order valence-corrected chi connectivity index (χ0v) is 13.9. The first-order valence-electron chi connectivity index (χ1n) is 7.68. The number of urea groups is 1. The number of rotatable bonds is 6. The second kappa shape index (κ2) is 8.52. The minimum Gasteiger partial charge on any atom is -0.494 e. The topological polar surface area (TPSA) is 83.5 Å². The van der Waals surface area contributed by atoms with Gasteiger partial charge < -0.3 is 20.5 Å². The Labute approximate surface area is 148 Å². The van der Waals surface area contributed by atoms with Gasteiger partial charge in [-0.2, -0.15) is 13.2 Å². The van der Waals surface area contributed by atoms with Crippen LogP contribution >= 0.6 is 0 Å². The van der Waals surface area contributed by atoms with Crippen molar-refractivity contribution in [1.29, 1.82) is 0 Å². The summed E-state index contributed by atoms with van der Waals surface area (Å²) in [6.45, 7) is 0.282. The molecule has 140 valence electrons. The van der Waals surface area contributed by atoms with Crippen LogP contribution in [0.3, 0.4) is 0 Å². The number of anilines is 1. The van der Waals surface area contributed by atoms with E-state index in [1.165, 1.54) is 7.11 Å². The summed E-state index contributed by atoms with van der Waals surface area (Å²) in [6.07, 6.45) is -3.14. The number of halogens is 3. The Morgan fingerprint density at radius 3 is 2.46 bits per heavy atom. The first-order valence-corrected chi connectivity index (χ1v) is 7.68. The number of aliphatic hydroxyl groups excluding tert-OH is 1. The average Bonchev–Trinajstić information content (AvgIpc) is 2.61. The lowest BCUT2D eigenvalue weighted by Crippen LogP contribution is -2.30. The number of carbonyl (C=O) groups excluding carboxylic acids is 1. The van der Waals surface area contributed by atoms with Gasteiger partial charge in [-0.25, -0.2) is 9.78 Å². The van der Waals surface area contributed by atoms with E-state index in [1.54, 1.807) is 12.1 Å². The van der Waals surface area contributed by atoms with Crippen molar-refractivity contribution < 1.29 is 27.8 Å². The SMILES string of the molecule is COc1cc(C(F)(F)F)ncc1NC(=O)NCCc1ccc(CO)cc1. The molecule has 2 rings (SSSR count). The highest BCUT2D eigenvalue weighted by molar-refractivity contribution is 5.90. The number of alkyl halides is 3. The number of methoxy groups -OCH3 is 1. The van der Waals surface area contributed by atoms with Crippen molar-refractivity contribution in [1.82, 2.24) is 10.3 Å². The van der Waals surface area contributed by atoms with Crippen LogP contribution in [-0.4, -0.2) is 29.8 Å². The van der Waals surface area contributed by atoms with E-state index in [4.69, 9.17) is 9.84 Å². The molecular formula is C17H18F3N3O3. The monoisotopic (exact) mass is 369 g/mol. The van der Waals surface area contributed by atoms with Crippen LogP contribution in [0.15, 0.2) is 36.5 Å². The Morgan fingerprint density at radius 1 is 1.23 bits per heavy atom. The van der Waals surface area contributed by atoms with Gasteiger partial charge in [0.15, 0.2) is 0 Å². The van der Waals surface area contributed by atoms with Gasteiger partial charge in [0.05, 0.1) is 19.9 Å². The quantitative estimate of drug-likeness (QED) is 0.731. The lowest BCUT2D eigenvalue weighted by atomic mass is 10.1. The van der Waals surface area contributed by atoms with E-state index in [0.29, 0.717) is 13.0 Å². The Balaban J connectivity index is 1.90. The number of amides is 2. The molecule has 0 aliphatic carbocycles. The Hall–Kier alpha value is -2.81. The minimum atomic E-state index is -4.60. The molecule has 0 fully saturated rings. The summed E-state index contributed by atoms with van der Waals surface area (Å²) in [5.74, 6) is -0.137. The van der Waals surface area contributed by atoms with E-state index in [9.17, 15) is 18.0 Å². The van der Waals surface area contributed by atoms with Crippen molar-refractivity contribution in [2.75, 3.05) is 19.0 Å². The number of hydrogen-bond donors (Lipinski definition) is 3. The molecule has 1 heterocycles. The number of pyridine rings is 1. The molecule has 0 spiro atoms. The molecule has 0 aliphatic rings. The number of ether oxygens (including phenoxy) is 1. The van der Waals surface area contributed by atoms with Gasteiger partial charge in [-0.05, 0) is 17.5 Å². The molecule has 26 heavy (non-hydrogen) atoms. The maximum Gasteiger partial charge on any atom is 0.433 e. The second-order valence-electron chi connectivity index (χ2n) is 5.37. The number of hydrogen-bond acceptors (Lipinski definition) is 4. The van der Waals surface area contributed by atoms with Crippen LogP contribution in [0.5, 0.6) is 5.75 Å². The van der Waals surface area contributed by atoms with Crippen LogP contribution in [0.1, 0.15) is 16.8 Å². The lowest BCUT2D eigenvalue weighted by Gasteiger charge is -2.13.